The fourth-order valence-electron chi connectivity index (χ4n) is 0.246. The average molecular weight is 213 g/mol. The fraction of sp³-hybridized carbons (Fsp3) is 0.600. The third-order valence-corrected chi connectivity index (χ3v) is 2.33. The first-order valence-electron chi connectivity index (χ1n) is 2.26. The van der Waals surface area contributed by atoms with Crippen LogP contribution in [0.5, 0.6) is 0 Å². The Morgan fingerprint density at radius 3 is 2.29 bits per heavy atom. The molecule has 0 rings (SSSR count). The molecule has 0 nitrogen and oxygen atoms in total. The summed E-state index contributed by atoms with van der Waals surface area (Å²) in [6, 6.07) is 0. The summed E-state index contributed by atoms with van der Waals surface area (Å²) in [5, 5.41) is 2.38. The minimum absolute atomic E-state index is 1.18. The molecule has 0 unspecified atom stereocenters. The SMILES string of the molecule is CC(=C[CH2][Ge])[CH2][Ge]. The van der Waals surface area contributed by atoms with Gasteiger partial charge in [0.1, 0.15) is 0 Å². The number of rotatable bonds is 2. The van der Waals surface area contributed by atoms with Crippen molar-refractivity contribution in [1.29, 1.82) is 0 Å². The van der Waals surface area contributed by atoms with Crippen LogP contribution in [0.3, 0.4) is 0 Å². The van der Waals surface area contributed by atoms with Gasteiger partial charge in [-0.1, -0.05) is 0 Å². The molecular formula is C5H8Ge2. The van der Waals surface area contributed by atoms with Gasteiger partial charge in [-0.15, -0.1) is 0 Å². The average Bonchev–Trinajstić information content (AvgIpc) is 1.68. The van der Waals surface area contributed by atoms with E-state index in [-0.39, 0.29) is 0 Å². The summed E-state index contributed by atoms with van der Waals surface area (Å²) < 4.78 is 0. The van der Waals surface area contributed by atoms with Gasteiger partial charge in [0.2, 0.25) is 0 Å². The van der Waals surface area contributed by atoms with E-state index in [9.17, 15) is 0 Å². The Hall–Kier alpha value is 0.826. The van der Waals surface area contributed by atoms with Gasteiger partial charge in [0.15, 0.2) is 0 Å². The standard InChI is InChI=1S/C5H8Ge2/c1-5(4-7)2-3-6/h2H,3-4H2,1H3. The molecule has 0 N–H and O–H groups in total. The van der Waals surface area contributed by atoms with E-state index in [1.165, 1.54) is 16.1 Å². The second-order valence-corrected chi connectivity index (χ2v) is 3.03. The molecule has 0 spiro atoms. The van der Waals surface area contributed by atoms with Gasteiger partial charge in [0, 0.05) is 0 Å². The van der Waals surface area contributed by atoms with Gasteiger partial charge in [-0.05, 0) is 0 Å². The maximum absolute atomic E-state index is 2.26. The van der Waals surface area contributed by atoms with E-state index >= 15 is 0 Å². The van der Waals surface area contributed by atoms with Crippen molar-refractivity contribution in [2.24, 2.45) is 0 Å². The molecule has 2 heteroatoms. The summed E-state index contributed by atoms with van der Waals surface area (Å²) in [7, 11) is 0. The number of allylic oxidation sites excluding steroid dienone is 2. The summed E-state index contributed by atoms with van der Waals surface area (Å²) in [5.41, 5.74) is 1.50. The van der Waals surface area contributed by atoms with Crippen LogP contribution in [0.4, 0.5) is 0 Å². The topological polar surface area (TPSA) is 0 Å². The quantitative estimate of drug-likeness (QED) is 0.476. The van der Waals surface area contributed by atoms with Crippen molar-refractivity contribution in [3.63, 3.8) is 0 Å². The molecule has 7 heavy (non-hydrogen) atoms. The van der Waals surface area contributed by atoms with Gasteiger partial charge in [0.25, 0.3) is 0 Å². The van der Waals surface area contributed by atoms with E-state index in [2.05, 4.69) is 46.0 Å². The zero-order valence-corrected chi connectivity index (χ0v) is 8.69. The first kappa shape index (κ1) is 7.83. The first-order valence-corrected chi connectivity index (χ1v) is 5.22. The molecule has 0 fully saturated rings. The maximum atomic E-state index is 2.26. The van der Waals surface area contributed by atoms with Crippen molar-refractivity contribution in [3.8, 4) is 0 Å². The van der Waals surface area contributed by atoms with E-state index < -0.39 is 0 Å². The van der Waals surface area contributed by atoms with Crippen LogP contribution in [-0.4, -0.2) is 33.0 Å². The van der Waals surface area contributed by atoms with Crippen LogP contribution in [0.15, 0.2) is 11.6 Å². The van der Waals surface area contributed by atoms with E-state index in [4.69, 9.17) is 0 Å². The van der Waals surface area contributed by atoms with Crippen LogP contribution in [0.25, 0.3) is 0 Å². The van der Waals surface area contributed by atoms with E-state index in [0.29, 0.717) is 0 Å². The molecule has 0 aliphatic carbocycles. The van der Waals surface area contributed by atoms with E-state index in [1.54, 1.807) is 0 Å². The van der Waals surface area contributed by atoms with Gasteiger partial charge in [0.05, 0.1) is 0 Å². The Labute approximate surface area is 62.2 Å². The zero-order chi connectivity index (χ0) is 5.70. The van der Waals surface area contributed by atoms with Crippen LogP contribution >= 0.6 is 0 Å². The number of hydrogen-bond acceptors (Lipinski definition) is 0. The second-order valence-electron chi connectivity index (χ2n) is 1.43. The molecular weight excluding hydrogens is 205 g/mol. The Morgan fingerprint density at radius 1 is 1.57 bits per heavy atom. The molecule has 36 valence electrons. The molecule has 0 aromatic rings. The summed E-state index contributed by atoms with van der Waals surface area (Å²) in [5.74, 6) is 0. The van der Waals surface area contributed by atoms with Gasteiger partial charge in [-0.25, -0.2) is 0 Å². The van der Waals surface area contributed by atoms with E-state index in [1.807, 2.05) is 0 Å². The molecule has 0 aliphatic heterocycles. The van der Waals surface area contributed by atoms with Gasteiger partial charge >= 0.3 is 62.1 Å². The summed E-state index contributed by atoms with van der Waals surface area (Å²) in [6.45, 7) is 2.17. The van der Waals surface area contributed by atoms with Gasteiger partial charge in [-0.2, -0.15) is 0 Å². The van der Waals surface area contributed by atoms with Crippen LogP contribution in [0, 0.1) is 0 Å². The molecule has 0 atom stereocenters. The summed E-state index contributed by atoms with van der Waals surface area (Å²) in [6.07, 6.45) is 2.26. The monoisotopic (exact) mass is 216 g/mol. The van der Waals surface area contributed by atoms with Crippen LogP contribution in [0.2, 0.25) is 10.5 Å². The molecule has 0 amide bonds. The molecule has 6 radical (unpaired) electrons. The van der Waals surface area contributed by atoms with Crippen molar-refractivity contribution in [2.75, 3.05) is 0 Å². The Morgan fingerprint density at radius 2 is 2.14 bits per heavy atom. The molecule has 0 saturated heterocycles. The van der Waals surface area contributed by atoms with Crippen LogP contribution < -0.4 is 0 Å². The molecule has 0 bridgehead atoms. The molecule has 0 aromatic heterocycles. The Balaban J connectivity index is 3.29. The third kappa shape index (κ3) is 4.68. The van der Waals surface area contributed by atoms with Crippen LogP contribution in [-0.2, 0) is 0 Å². The molecule has 0 heterocycles. The predicted molar refractivity (Wildman–Crippen MR) is 34.9 cm³/mol. The third-order valence-electron chi connectivity index (χ3n) is 0.729. The first-order chi connectivity index (χ1) is 3.31. The number of hydrogen-bond donors (Lipinski definition) is 0. The van der Waals surface area contributed by atoms with Crippen molar-refractivity contribution in [2.45, 2.75) is 17.4 Å². The molecule has 0 aromatic carbocycles. The van der Waals surface area contributed by atoms with Crippen molar-refractivity contribution in [3.05, 3.63) is 11.6 Å². The van der Waals surface area contributed by atoms with E-state index in [0.717, 1.165) is 0 Å². The Bertz CT molecular complexity index is 66.5. The van der Waals surface area contributed by atoms with Gasteiger partial charge in [-0.3, -0.25) is 0 Å². The van der Waals surface area contributed by atoms with Crippen LogP contribution in [0.1, 0.15) is 6.92 Å². The van der Waals surface area contributed by atoms with Crippen molar-refractivity contribution < 1.29 is 0 Å². The van der Waals surface area contributed by atoms with Gasteiger partial charge < -0.3 is 0 Å². The normalized spacial score (nSPS) is 12.1. The predicted octanol–water partition coefficient (Wildman–Crippen LogP) is 1.11. The molecule has 0 aliphatic rings. The zero-order valence-electron chi connectivity index (χ0n) is 4.49. The summed E-state index contributed by atoms with van der Waals surface area (Å²) in [4.78, 5) is 0. The minimum atomic E-state index is 1.18. The Kier molecular flexibility index (Phi) is 5.56. The molecule has 0 saturated carbocycles. The van der Waals surface area contributed by atoms with Crippen molar-refractivity contribution >= 4 is 33.0 Å². The summed E-state index contributed by atoms with van der Waals surface area (Å²) >= 11 is 4.35. The fourth-order valence-corrected chi connectivity index (χ4v) is 1.28. The second kappa shape index (κ2) is 4.97. The van der Waals surface area contributed by atoms with Crippen molar-refractivity contribution in [1.82, 2.24) is 0 Å².